The average molecular weight is 381 g/mol. The summed E-state index contributed by atoms with van der Waals surface area (Å²) >= 11 is 0. The molecule has 1 N–H and O–H groups in total. The lowest BCUT2D eigenvalue weighted by atomic mass is 10.1. The zero-order valence-electron chi connectivity index (χ0n) is 17.3. The zero-order valence-corrected chi connectivity index (χ0v) is 17.3. The second-order valence-corrected chi connectivity index (χ2v) is 7.21. The Labute approximate surface area is 169 Å². The van der Waals surface area contributed by atoms with Gasteiger partial charge < -0.3 is 10.2 Å². The van der Waals surface area contributed by atoms with Gasteiger partial charge in [0.1, 0.15) is 6.04 Å². The minimum absolute atomic E-state index is 0.0175. The molecule has 2 rings (SSSR count). The third-order valence-electron chi connectivity index (χ3n) is 4.84. The van der Waals surface area contributed by atoms with Gasteiger partial charge in [-0.2, -0.15) is 0 Å². The lowest BCUT2D eigenvalue weighted by Crippen LogP contribution is -2.49. The molecule has 1 atom stereocenters. The predicted octanol–water partition coefficient (Wildman–Crippen LogP) is 4.26. The highest BCUT2D eigenvalue weighted by Gasteiger charge is 2.28. The number of rotatable bonds is 10. The predicted molar refractivity (Wildman–Crippen MR) is 114 cm³/mol. The molecule has 4 nitrogen and oxygen atoms in total. The fraction of sp³-hybridized carbons (Fsp3) is 0.417. The average Bonchev–Trinajstić information content (AvgIpc) is 2.71. The molecule has 2 aromatic carbocycles. The van der Waals surface area contributed by atoms with Gasteiger partial charge in [0, 0.05) is 19.5 Å². The number of benzene rings is 2. The highest BCUT2D eigenvalue weighted by Crippen LogP contribution is 2.16. The van der Waals surface area contributed by atoms with Crippen molar-refractivity contribution in [3.05, 3.63) is 71.3 Å². The van der Waals surface area contributed by atoms with Gasteiger partial charge >= 0.3 is 0 Å². The second-order valence-electron chi connectivity index (χ2n) is 7.21. The molecule has 0 bridgehead atoms. The second kappa shape index (κ2) is 11.3. The van der Waals surface area contributed by atoms with Gasteiger partial charge in [0.25, 0.3) is 0 Å². The summed E-state index contributed by atoms with van der Waals surface area (Å²) in [7, 11) is 0. The number of amides is 2. The van der Waals surface area contributed by atoms with Crippen molar-refractivity contribution in [1.29, 1.82) is 0 Å². The van der Waals surface area contributed by atoms with Crippen LogP contribution in [0.1, 0.15) is 49.8 Å². The minimum atomic E-state index is -0.449. The lowest BCUT2D eigenvalue weighted by Gasteiger charge is -2.31. The molecule has 150 valence electrons. The molecular weight excluding hydrogens is 348 g/mol. The number of hydrogen-bond donors (Lipinski definition) is 1. The molecule has 0 saturated carbocycles. The van der Waals surface area contributed by atoms with E-state index in [0.717, 1.165) is 23.1 Å². The molecule has 2 amide bonds. The summed E-state index contributed by atoms with van der Waals surface area (Å²) in [6.07, 6.45) is 2.55. The number of aryl methyl sites for hydroxylation is 2. The number of carbonyl (C=O) groups excluding carboxylic acids is 2. The van der Waals surface area contributed by atoms with Gasteiger partial charge in [-0.15, -0.1) is 0 Å². The Bertz CT molecular complexity index is 758. The van der Waals surface area contributed by atoms with E-state index in [-0.39, 0.29) is 11.8 Å². The number of hydrogen-bond acceptors (Lipinski definition) is 2. The summed E-state index contributed by atoms with van der Waals surface area (Å²) in [5.41, 5.74) is 3.34. The Morgan fingerprint density at radius 3 is 2.36 bits per heavy atom. The van der Waals surface area contributed by atoms with E-state index < -0.39 is 6.04 Å². The summed E-state index contributed by atoms with van der Waals surface area (Å²) in [6.45, 7) is 7.11. The molecular formula is C24H32N2O2. The van der Waals surface area contributed by atoms with Crippen LogP contribution in [-0.2, 0) is 22.6 Å². The summed E-state index contributed by atoms with van der Waals surface area (Å²) in [6, 6.07) is 17.7. The topological polar surface area (TPSA) is 49.4 Å². The van der Waals surface area contributed by atoms with Gasteiger partial charge in [-0.3, -0.25) is 9.59 Å². The molecule has 0 heterocycles. The van der Waals surface area contributed by atoms with Crippen molar-refractivity contribution in [2.24, 2.45) is 0 Å². The van der Waals surface area contributed by atoms with Crippen molar-refractivity contribution in [2.75, 3.05) is 6.54 Å². The fourth-order valence-electron chi connectivity index (χ4n) is 3.33. The summed E-state index contributed by atoms with van der Waals surface area (Å²) < 4.78 is 0. The Kier molecular flexibility index (Phi) is 8.73. The monoisotopic (exact) mass is 380 g/mol. The highest BCUT2D eigenvalue weighted by atomic mass is 16.2. The molecule has 0 fully saturated rings. The Morgan fingerprint density at radius 2 is 1.71 bits per heavy atom. The summed E-state index contributed by atoms with van der Waals surface area (Å²) in [4.78, 5) is 27.6. The molecule has 2 aromatic rings. The van der Waals surface area contributed by atoms with Gasteiger partial charge in [-0.05, 0) is 37.3 Å². The van der Waals surface area contributed by atoms with Crippen molar-refractivity contribution < 1.29 is 9.59 Å². The van der Waals surface area contributed by atoms with Gasteiger partial charge in [0.05, 0.1) is 0 Å². The first-order chi connectivity index (χ1) is 13.5. The molecule has 0 aliphatic carbocycles. The van der Waals surface area contributed by atoms with Crippen LogP contribution in [0, 0.1) is 6.92 Å². The number of carbonyl (C=O) groups is 2. The van der Waals surface area contributed by atoms with Crippen LogP contribution in [0.2, 0.25) is 0 Å². The largest absolute Gasteiger partial charge is 0.354 e. The Hall–Kier alpha value is -2.62. The third-order valence-corrected chi connectivity index (χ3v) is 4.84. The van der Waals surface area contributed by atoms with Gasteiger partial charge in [0.15, 0.2) is 0 Å². The number of nitrogens with one attached hydrogen (secondary N) is 1. The van der Waals surface area contributed by atoms with Gasteiger partial charge in [0.2, 0.25) is 11.8 Å². The van der Waals surface area contributed by atoms with Crippen LogP contribution in [0.3, 0.4) is 0 Å². The van der Waals surface area contributed by atoms with Gasteiger partial charge in [-0.25, -0.2) is 0 Å². The van der Waals surface area contributed by atoms with E-state index in [4.69, 9.17) is 0 Å². The van der Waals surface area contributed by atoms with Crippen molar-refractivity contribution in [2.45, 2.75) is 59.0 Å². The molecule has 0 aliphatic heterocycles. The molecule has 4 heteroatoms. The standard InChI is InChI=1S/C24H32N2O2/c1-4-16-25-24(28)22(5-2)26(18-21-13-9-10-19(3)17-21)23(27)15-14-20-11-7-6-8-12-20/h6-13,17,22H,4-5,14-16,18H2,1-3H3,(H,25,28). The van der Waals surface area contributed by atoms with E-state index in [0.29, 0.717) is 32.4 Å². The normalized spacial score (nSPS) is 11.7. The Morgan fingerprint density at radius 1 is 1.00 bits per heavy atom. The van der Waals surface area contributed by atoms with Crippen LogP contribution >= 0.6 is 0 Å². The van der Waals surface area contributed by atoms with Crippen molar-refractivity contribution in [1.82, 2.24) is 10.2 Å². The van der Waals surface area contributed by atoms with Crippen LogP contribution in [0.25, 0.3) is 0 Å². The van der Waals surface area contributed by atoms with Crippen LogP contribution in [-0.4, -0.2) is 29.3 Å². The molecule has 0 spiro atoms. The SMILES string of the molecule is CCCNC(=O)C(CC)N(Cc1cccc(C)c1)C(=O)CCc1ccccc1. The first kappa shape index (κ1) is 21.7. The maximum absolute atomic E-state index is 13.1. The molecule has 0 saturated heterocycles. The van der Waals surface area contributed by atoms with E-state index >= 15 is 0 Å². The van der Waals surface area contributed by atoms with Crippen molar-refractivity contribution in [3.8, 4) is 0 Å². The highest BCUT2D eigenvalue weighted by molar-refractivity contribution is 5.87. The van der Waals surface area contributed by atoms with E-state index in [9.17, 15) is 9.59 Å². The van der Waals surface area contributed by atoms with Crippen molar-refractivity contribution >= 4 is 11.8 Å². The van der Waals surface area contributed by atoms with Crippen LogP contribution < -0.4 is 5.32 Å². The molecule has 0 radical (unpaired) electrons. The maximum Gasteiger partial charge on any atom is 0.242 e. The van der Waals surface area contributed by atoms with Crippen LogP contribution in [0.5, 0.6) is 0 Å². The van der Waals surface area contributed by atoms with E-state index in [1.807, 2.05) is 69.3 Å². The van der Waals surface area contributed by atoms with E-state index in [2.05, 4.69) is 11.4 Å². The molecule has 0 aliphatic rings. The van der Waals surface area contributed by atoms with Crippen molar-refractivity contribution in [3.63, 3.8) is 0 Å². The summed E-state index contributed by atoms with van der Waals surface area (Å²) in [5, 5.41) is 2.96. The fourth-order valence-corrected chi connectivity index (χ4v) is 3.33. The minimum Gasteiger partial charge on any atom is -0.354 e. The smallest absolute Gasteiger partial charge is 0.242 e. The first-order valence-corrected chi connectivity index (χ1v) is 10.2. The molecule has 1 unspecified atom stereocenters. The zero-order chi connectivity index (χ0) is 20.4. The van der Waals surface area contributed by atoms with Gasteiger partial charge in [-0.1, -0.05) is 74.0 Å². The molecule has 28 heavy (non-hydrogen) atoms. The van der Waals surface area contributed by atoms with E-state index in [1.54, 1.807) is 4.90 Å². The Balaban J connectivity index is 2.17. The van der Waals surface area contributed by atoms with Crippen LogP contribution in [0.15, 0.2) is 54.6 Å². The lowest BCUT2D eigenvalue weighted by molar-refractivity contribution is -0.141. The maximum atomic E-state index is 13.1. The third kappa shape index (κ3) is 6.52. The summed E-state index contributed by atoms with van der Waals surface area (Å²) in [5.74, 6) is -0.0473. The van der Waals surface area contributed by atoms with Crippen LogP contribution in [0.4, 0.5) is 0 Å². The molecule has 0 aromatic heterocycles. The van der Waals surface area contributed by atoms with E-state index in [1.165, 1.54) is 0 Å². The number of nitrogens with zero attached hydrogens (tertiary/aromatic N) is 1. The quantitative estimate of drug-likeness (QED) is 0.669. The first-order valence-electron chi connectivity index (χ1n) is 10.2.